The Kier molecular flexibility index (Phi) is 5.41. The van der Waals surface area contributed by atoms with Gasteiger partial charge < -0.3 is 14.8 Å². The van der Waals surface area contributed by atoms with Gasteiger partial charge in [-0.3, -0.25) is 0 Å². The molecule has 2 heterocycles. The summed E-state index contributed by atoms with van der Waals surface area (Å²) in [6, 6.07) is 4.26. The molecule has 2 aliphatic carbocycles. The number of hydrogen-bond donors (Lipinski definition) is 1. The third-order valence-electron chi connectivity index (χ3n) is 5.51. The minimum atomic E-state index is 0.450. The van der Waals surface area contributed by atoms with Crippen LogP contribution in [0, 0.1) is 11.8 Å². The van der Waals surface area contributed by atoms with Crippen LogP contribution in [-0.4, -0.2) is 34.7 Å². The van der Waals surface area contributed by atoms with Crippen molar-refractivity contribution < 1.29 is 9.47 Å². The zero-order valence-electron chi connectivity index (χ0n) is 16.1. The monoisotopic (exact) mass is 368 g/mol. The first kappa shape index (κ1) is 18.0. The van der Waals surface area contributed by atoms with Gasteiger partial charge in [-0.1, -0.05) is 6.92 Å². The molecular formula is C21H28N4O2. The Hall–Kier alpha value is -2.37. The molecule has 0 aliphatic heterocycles. The second kappa shape index (κ2) is 8.11. The molecule has 0 saturated heterocycles. The predicted molar refractivity (Wildman–Crippen MR) is 105 cm³/mol. The van der Waals surface area contributed by atoms with Crippen LogP contribution < -0.4 is 14.8 Å². The van der Waals surface area contributed by atoms with Crippen LogP contribution in [0.5, 0.6) is 11.8 Å². The Bertz CT molecular complexity index is 753. The van der Waals surface area contributed by atoms with Gasteiger partial charge in [0.1, 0.15) is 0 Å². The average Bonchev–Trinajstić information content (AvgIpc) is 3.53. The van der Waals surface area contributed by atoms with Crippen molar-refractivity contribution in [2.75, 3.05) is 19.0 Å². The van der Waals surface area contributed by atoms with Gasteiger partial charge in [0, 0.05) is 30.1 Å². The molecule has 2 aromatic rings. The molecule has 0 aromatic carbocycles. The molecule has 0 spiro atoms. The van der Waals surface area contributed by atoms with Gasteiger partial charge in [-0.2, -0.15) is 4.98 Å². The fraction of sp³-hybridized carbons (Fsp3) is 0.571. The Labute approximate surface area is 160 Å². The summed E-state index contributed by atoms with van der Waals surface area (Å²) in [4.78, 5) is 13.6. The molecule has 0 unspecified atom stereocenters. The normalized spacial score (nSPS) is 22.3. The summed E-state index contributed by atoms with van der Waals surface area (Å²) in [5.41, 5.74) is 1.80. The minimum Gasteiger partial charge on any atom is -0.481 e. The summed E-state index contributed by atoms with van der Waals surface area (Å²) in [5, 5.41) is 3.50. The molecule has 6 heteroatoms. The number of anilines is 1. The van der Waals surface area contributed by atoms with Crippen LogP contribution in [0.3, 0.4) is 0 Å². The van der Waals surface area contributed by atoms with E-state index in [1.165, 1.54) is 38.5 Å². The lowest BCUT2D eigenvalue weighted by atomic mass is 9.87. The Morgan fingerprint density at radius 3 is 2.52 bits per heavy atom. The van der Waals surface area contributed by atoms with E-state index in [-0.39, 0.29) is 0 Å². The van der Waals surface area contributed by atoms with Gasteiger partial charge in [0.25, 0.3) is 0 Å². The highest BCUT2D eigenvalue weighted by Crippen LogP contribution is 2.33. The van der Waals surface area contributed by atoms with Crippen LogP contribution in [-0.2, 0) is 0 Å². The molecule has 1 N–H and O–H groups in total. The number of methoxy groups -OCH3 is 1. The Balaban J connectivity index is 1.53. The lowest BCUT2D eigenvalue weighted by Gasteiger charge is -2.27. The highest BCUT2D eigenvalue weighted by molar-refractivity contribution is 5.68. The third kappa shape index (κ3) is 4.67. The maximum atomic E-state index is 6.07. The maximum Gasteiger partial charge on any atom is 0.226 e. The maximum absolute atomic E-state index is 6.07. The average molecular weight is 368 g/mol. The quantitative estimate of drug-likeness (QED) is 0.785. The van der Waals surface area contributed by atoms with Gasteiger partial charge >= 0.3 is 0 Å². The molecule has 27 heavy (non-hydrogen) atoms. The van der Waals surface area contributed by atoms with E-state index in [2.05, 4.69) is 22.2 Å². The fourth-order valence-corrected chi connectivity index (χ4v) is 3.47. The van der Waals surface area contributed by atoms with Crippen LogP contribution >= 0.6 is 0 Å². The van der Waals surface area contributed by atoms with Crippen molar-refractivity contribution in [2.24, 2.45) is 11.8 Å². The van der Waals surface area contributed by atoms with Crippen molar-refractivity contribution in [1.29, 1.82) is 0 Å². The van der Waals surface area contributed by atoms with Gasteiger partial charge in [-0.25, -0.2) is 9.97 Å². The molecule has 144 valence electrons. The van der Waals surface area contributed by atoms with E-state index in [1.807, 2.05) is 18.3 Å². The zero-order valence-corrected chi connectivity index (χ0v) is 16.1. The molecule has 6 nitrogen and oxygen atoms in total. The molecule has 0 atom stereocenters. The number of pyridine rings is 1. The summed E-state index contributed by atoms with van der Waals surface area (Å²) in [6.45, 7) is 3.04. The highest BCUT2D eigenvalue weighted by atomic mass is 16.5. The van der Waals surface area contributed by atoms with E-state index in [0.717, 1.165) is 17.0 Å². The molecule has 2 aromatic heterocycles. The fourth-order valence-electron chi connectivity index (χ4n) is 3.47. The van der Waals surface area contributed by atoms with E-state index >= 15 is 0 Å². The van der Waals surface area contributed by atoms with E-state index in [9.17, 15) is 0 Å². The van der Waals surface area contributed by atoms with Crippen molar-refractivity contribution in [2.45, 2.75) is 51.5 Å². The summed E-state index contributed by atoms with van der Waals surface area (Å²) < 4.78 is 11.2. The van der Waals surface area contributed by atoms with E-state index in [0.29, 0.717) is 36.3 Å². The van der Waals surface area contributed by atoms with Gasteiger partial charge in [0.05, 0.1) is 19.3 Å². The standard InChI is InChI=1S/C21H28N4O2/c1-14-3-8-17(9-4-14)24-21-23-12-18(16-7-10-19(26-2)22-11-16)20(25-21)27-13-15-5-6-15/h7,10-12,14-15,17H,3-6,8-9,13H2,1-2H3,(H,23,24,25). The number of hydrogen-bond acceptors (Lipinski definition) is 6. The van der Waals surface area contributed by atoms with Crippen molar-refractivity contribution >= 4 is 5.95 Å². The lowest BCUT2D eigenvalue weighted by molar-refractivity contribution is 0.289. The first-order valence-electron chi connectivity index (χ1n) is 9.98. The van der Waals surface area contributed by atoms with Gasteiger partial charge in [-0.05, 0) is 56.4 Å². The highest BCUT2D eigenvalue weighted by Gasteiger charge is 2.24. The molecule has 0 bridgehead atoms. The number of rotatable bonds is 7. The largest absolute Gasteiger partial charge is 0.481 e. The summed E-state index contributed by atoms with van der Waals surface area (Å²) in [5.74, 6) is 3.37. The first-order chi connectivity index (χ1) is 13.2. The molecule has 2 saturated carbocycles. The summed E-state index contributed by atoms with van der Waals surface area (Å²) >= 11 is 0. The van der Waals surface area contributed by atoms with E-state index < -0.39 is 0 Å². The third-order valence-corrected chi connectivity index (χ3v) is 5.51. The van der Waals surface area contributed by atoms with Crippen LogP contribution in [0.4, 0.5) is 5.95 Å². The van der Waals surface area contributed by atoms with Crippen molar-refractivity contribution in [3.63, 3.8) is 0 Å². The van der Waals surface area contributed by atoms with Crippen LogP contribution in [0.25, 0.3) is 11.1 Å². The lowest BCUT2D eigenvalue weighted by Crippen LogP contribution is -2.26. The topological polar surface area (TPSA) is 69.2 Å². The van der Waals surface area contributed by atoms with Crippen LogP contribution in [0.1, 0.15) is 45.4 Å². The number of nitrogens with one attached hydrogen (secondary N) is 1. The smallest absolute Gasteiger partial charge is 0.226 e. The summed E-state index contributed by atoms with van der Waals surface area (Å²) in [7, 11) is 1.61. The Morgan fingerprint density at radius 1 is 1.04 bits per heavy atom. The van der Waals surface area contributed by atoms with Crippen molar-refractivity contribution in [1.82, 2.24) is 15.0 Å². The molecular weight excluding hydrogens is 340 g/mol. The van der Waals surface area contributed by atoms with Gasteiger partial charge in [-0.15, -0.1) is 0 Å². The summed E-state index contributed by atoms with van der Waals surface area (Å²) in [6.07, 6.45) is 11.0. The molecule has 4 rings (SSSR count). The zero-order chi connectivity index (χ0) is 18.6. The molecule has 0 radical (unpaired) electrons. The first-order valence-corrected chi connectivity index (χ1v) is 9.98. The number of aromatic nitrogens is 3. The van der Waals surface area contributed by atoms with Crippen molar-refractivity contribution in [3.05, 3.63) is 24.5 Å². The number of ether oxygens (including phenoxy) is 2. The van der Waals surface area contributed by atoms with Crippen LogP contribution in [0.15, 0.2) is 24.5 Å². The van der Waals surface area contributed by atoms with E-state index in [4.69, 9.17) is 14.5 Å². The predicted octanol–water partition coefficient (Wildman–Crippen LogP) is 4.33. The molecule has 2 aliphatic rings. The molecule has 0 amide bonds. The second-order valence-corrected chi connectivity index (χ2v) is 7.86. The van der Waals surface area contributed by atoms with Crippen LogP contribution in [0.2, 0.25) is 0 Å². The van der Waals surface area contributed by atoms with Crippen molar-refractivity contribution in [3.8, 4) is 22.9 Å². The second-order valence-electron chi connectivity index (χ2n) is 7.86. The SMILES string of the molecule is COc1ccc(-c2cnc(NC3CCC(C)CC3)nc2OCC2CC2)cn1. The van der Waals surface area contributed by atoms with Gasteiger partial charge in [0.15, 0.2) is 0 Å². The molecule has 2 fully saturated rings. The van der Waals surface area contributed by atoms with E-state index in [1.54, 1.807) is 13.3 Å². The van der Waals surface area contributed by atoms with Gasteiger partial charge in [0.2, 0.25) is 17.7 Å². The minimum absolute atomic E-state index is 0.450. The number of nitrogens with zero attached hydrogens (tertiary/aromatic N) is 3. The Morgan fingerprint density at radius 2 is 1.85 bits per heavy atom.